The lowest BCUT2D eigenvalue weighted by Crippen LogP contribution is -2.28. The third kappa shape index (κ3) is 6.25. The van der Waals surface area contributed by atoms with Crippen LogP contribution < -0.4 is 4.90 Å². The average molecular weight is 856 g/mol. The highest BCUT2D eigenvalue weighted by molar-refractivity contribution is 6.12. The van der Waals surface area contributed by atoms with Gasteiger partial charge in [-0.3, -0.25) is 0 Å². The molecule has 10 aromatic carbocycles. The van der Waals surface area contributed by atoms with Gasteiger partial charge in [0.05, 0.1) is 11.1 Å². The first-order chi connectivity index (χ1) is 33.2. The van der Waals surface area contributed by atoms with Crippen molar-refractivity contribution in [2.75, 3.05) is 4.90 Å². The van der Waals surface area contributed by atoms with Crippen LogP contribution in [0.4, 0.5) is 17.1 Å². The number of furan rings is 1. The maximum absolute atomic E-state index is 6.34. The second-order valence-corrected chi connectivity index (χ2v) is 17.8. The lowest BCUT2D eigenvalue weighted by atomic mass is 9.68. The van der Waals surface area contributed by atoms with Crippen LogP contribution in [-0.4, -0.2) is 0 Å². The minimum absolute atomic E-state index is 0.528. The molecule has 0 amide bonds. The molecule has 2 heteroatoms. The Morgan fingerprint density at radius 2 is 1.04 bits per heavy atom. The summed E-state index contributed by atoms with van der Waals surface area (Å²) in [6.45, 7) is 0. The Hall–Kier alpha value is -8.46. The fourth-order valence-corrected chi connectivity index (χ4v) is 11.3. The van der Waals surface area contributed by atoms with Gasteiger partial charge in [0.2, 0.25) is 0 Å². The molecule has 0 bridgehead atoms. The molecule has 1 aromatic heterocycles. The summed E-state index contributed by atoms with van der Waals surface area (Å²) >= 11 is 0. The fraction of sp³-hybridized carbons (Fsp3) is 0.0462. The van der Waals surface area contributed by atoms with Gasteiger partial charge in [0.25, 0.3) is 0 Å². The molecule has 0 fully saturated rings. The van der Waals surface area contributed by atoms with Crippen molar-refractivity contribution in [3.8, 4) is 44.5 Å². The van der Waals surface area contributed by atoms with Crippen LogP contribution in [0.2, 0.25) is 0 Å². The molecular weight excluding hydrogens is 811 g/mol. The van der Waals surface area contributed by atoms with Gasteiger partial charge in [0.1, 0.15) is 11.2 Å². The Bertz CT molecular complexity index is 3650. The molecule has 11 aromatic rings. The maximum atomic E-state index is 6.34. The zero-order chi connectivity index (χ0) is 44.3. The molecule has 2 nitrogen and oxygen atoms in total. The lowest BCUT2D eigenvalue weighted by Gasteiger charge is -2.34. The van der Waals surface area contributed by atoms with Crippen LogP contribution in [0.1, 0.15) is 39.8 Å². The monoisotopic (exact) mass is 855 g/mol. The van der Waals surface area contributed by atoms with Gasteiger partial charge in [0, 0.05) is 27.7 Å². The van der Waals surface area contributed by atoms with Crippen LogP contribution in [0.15, 0.2) is 247 Å². The van der Waals surface area contributed by atoms with Gasteiger partial charge in [0.15, 0.2) is 0 Å². The second-order valence-electron chi connectivity index (χ2n) is 17.8. The first kappa shape index (κ1) is 39.0. The third-order valence-corrected chi connectivity index (χ3v) is 14.2. The summed E-state index contributed by atoms with van der Waals surface area (Å²) < 4.78 is 6.34. The SMILES string of the molecule is C1=Cc2c(cccc2-c2cccc(-c3cccc(N(c4ccc(-c5cccc6oc7ccccc7c56)cc4)c4cccc5c4-c4ccccc4C5(c4ccccc4)c4ccccc4)c3)c2)CC1. The predicted octanol–water partition coefficient (Wildman–Crippen LogP) is 17.4. The number of para-hydroxylation sites is 1. The predicted molar refractivity (Wildman–Crippen MR) is 279 cm³/mol. The van der Waals surface area contributed by atoms with Crippen LogP contribution in [-0.2, 0) is 11.8 Å². The van der Waals surface area contributed by atoms with E-state index in [9.17, 15) is 0 Å². The van der Waals surface area contributed by atoms with Crippen LogP contribution in [0, 0.1) is 0 Å². The van der Waals surface area contributed by atoms with E-state index in [0.29, 0.717) is 0 Å². The lowest BCUT2D eigenvalue weighted by molar-refractivity contribution is 0.669. The highest BCUT2D eigenvalue weighted by Crippen LogP contribution is 2.59. The number of rotatable bonds is 8. The van der Waals surface area contributed by atoms with Gasteiger partial charge in [-0.05, 0) is 134 Å². The molecule has 0 atom stereocenters. The van der Waals surface area contributed by atoms with Crippen molar-refractivity contribution in [1.29, 1.82) is 0 Å². The molecule has 2 aliphatic carbocycles. The van der Waals surface area contributed by atoms with Gasteiger partial charge in [-0.2, -0.15) is 0 Å². The molecule has 0 aliphatic heterocycles. The number of benzene rings is 10. The molecule has 13 rings (SSSR count). The first-order valence-electron chi connectivity index (χ1n) is 23.4. The van der Waals surface area contributed by atoms with Crippen molar-refractivity contribution < 1.29 is 4.42 Å². The van der Waals surface area contributed by atoms with E-state index >= 15 is 0 Å². The summed E-state index contributed by atoms with van der Waals surface area (Å²) in [6, 6.07) is 86.9. The fourth-order valence-electron chi connectivity index (χ4n) is 11.3. The molecule has 0 spiro atoms. The Morgan fingerprint density at radius 3 is 1.88 bits per heavy atom. The molecule has 67 heavy (non-hydrogen) atoms. The number of hydrogen-bond donors (Lipinski definition) is 0. The quantitative estimate of drug-likeness (QED) is 0.151. The molecule has 0 N–H and O–H groups in total. The summed E-state index contributed by atoms with van der Waals surface area (Å²) in [5.41, 5.74) is 22.0. The second kappa shape index (κ2) is 15.9. The molecular formula is C65H45NO. The third-order valence-electron chi connectivity index (χ3n) is 14.2. The van der Waals surface area contributed by atoms with Crippen molar-refractivity contribution >= 4 is 45.1 Å². The summed E-state index contributed by atoms with van der Waals surface area (Å²) in [5.74, 6) is 0. The normalized spacial score (nSPS) is 13.3. The Labute approximate surface area is 391 Å². The van der Waals surface area contributed by atoms with Crippen LogP contribution in [0.3, 0.4) is 0 Å². The van der Waals surface area contributed by atoms with E-state index in [-0.39, 0.29) is 0 Å². The van der Waals surface area contributed by atoms with Crippen molar-refractivity contribution in [2.45, 2.75) is 18.3 Å². The molecule has 0 unspecified atom stereocenters. The summed E-state index contributed by atoms with van der Waals surface area (Å²) in [6.07, 6.45) is 6.79. The number of fused-ring (bicyclic) bond motifs is 7. The molecule has 316 valence electrons. The molecule has 0 saturated heterocycles. The van der Waals surface area contributed by atoms with Crippen molar-refractivity contribution in [3.63, 3.8) is 0 Å². The number of hydrogen-bond acceptors (Lipinski definition) is 2. The highest BCUT2D eigenvalue weighted by atomic mass is 16.3. The molecule has 0 saturated carbocycles. The first-order valence-corrected chi connectivity index (χ1v) is 23.4. The van der Waals surface area contributed by atoms with Crippen LogP contribution >= 0.6 is 0 Å². The van der Waals surface area contributed by atoms with E-state index in [1.54, 1.807) is 0 Å². The van der Waals surface area contributed by atoms with Crippen molar-refractivity contribution in [1.82, 2.24) is 0 Å². The van der Waals surface area contributed by atoms with Crippen molar-refractivity contribution in [3.05, 3.63) is 276 Å². The van der Waals surface area contributed by atoms with E-state index < -0.39 is 5.41 Å². The van der Waals surface area contributed by atoms with E-state index in [1.807, 2.05) is 6.07 Å². The highest BCUT2D eigenvalue weighted by Gasteiger charge is 2.47. The number of allylic oxidation sites excluding steroid dienone is 1. The van der Waals surface area contributed by atoms with Gasteiger partial charge < -0.3 is 9.32 Å². The number of anilines is 3. The van der Waals surface area contributed by atoms with Crippen LogP contribution in [0.25, 0.3) is 72.5 Å². The molecule has 2 aliphatic rings. The van der Waals surface area contributed by atoms with E-state index in [0.717, 1.165) is 68.5 Å². The van der Waals surface area contributed by atoms with Gasteiger partial charge in [-0.15, -0.1) is 0 Å². The van der Waals surface area contributed by atoms with E-state index in [4.69, 9.17) is 4.42 Å². The smallest absolute Gasteiger partial charge is 0.136 e. The Balaban J connectivity index is 1.02. The molecule has 1 heterocycles. The van der Waals surface area contributed by atoms with Gasteiger partial charge in [-0.25, -0.2) is 0 Å². The zero-order valence-corrected chi connectivity index (χ0v) is 36.9. The van der Waals surface area contributed by atoms with Gasteiger partial charge >= 0.3 is 0 Å². The van der Waals surface area contributed by atoms with E-state index in [1.165, 1.54) is 61.2 Å². The average Bonchev–Trinajstić information content (AvgIpc) is 3.94. The minimum atomic E-state index is -0.528. The number of nitrogens with zero attached hydrogens (tertiary/aromatic N) is 1. The number of aryl methyl sites for hydroxylation is 1. The Kier molecular flexibility index (Phi) is 9.25. The van der Waals surface area contributed by atoms with E-state index in [2.05, 4.69) is 248 Å². The Morgan fingerprint density at radius 1 is 0.418 bits per heavy atom. The topological polar surface area (TPSA) is 16.4 Å². The van der Waals surface area contributed by atoms with Crippen LogP contribution in [0.5, 0.6) is 0 Å². The zero-order valence-electron chi connectivity index (χ0n) is 36.9. The van der Waals surface area contributed by atoms with Crippen molar-refractivity contribution in [2.24, 2.45) is 0 Å². The summed E-state index contributed by atoms with van der Waals surface area (Å²) in [4.78, 5) is 2.48. The minimum Gasteiger partial charge on any atom is -0.456 e. The standard InChI is InChI=1S/C65H45NO/c1-3-23-49(24-4-1)65(50-25-5-2-6-26-50)58-33-11-9-29-56(58)64-59(65)34-17-35-60(64)66(51-40-38-45(39-41-51)55-32-16-37-62-63(55)57-30-10-12-36-61(57)67-62)52-27-14-21-47(43-52)46-20-13-22-48(42-46)54-31-15-19-44-18-7-8-28-53(44)54/h1-6,8-17,19-43H,7,18H2. The summed E-state index contributed by atoms with van der Waals surface area (Å²) in [5, 5.41) is 2.27. The van der Waals surface area contributed by atoms with Gasteiger partial charge in [-0.1, -0.05) is 200 Å². The summed E-state index contributed by atoms with van der Waals surface area (Å²) in [7, 11) is 0. The largest absolute Gasteiger partial charge is 0.456 e. The molecule has 0 radical (unpaired) electrons. The maximum Gasteiger partial charge on any atom is 0.136 e.